The molecule has 0 radical (unpaired) electrons. The van der Waals surface area contributed by atoms with E-state index in [2.05, 4.69) is 21.2 Å². The van der Waals surface area contributed by atoms with Crippen LogP contribution in [-0.4, -0.2) is 26.4 Å². The first kappa shape index (κ1) is 23.2. The Morgan fingerprint density at radius 3 is 2.64 bits per heavy atom. The van der Waals surface area contributed by atoms with E-state index in [9.17, 15) is 14.9 Å². The molecule has 2 aliphatic rings. The van der Waals surface area contributed by atoms with Gasteiger partial charge in [-0.3, -0.25) is 19.8 Å². The number of benzene rings is 3. The van der Waals surface area contributed by atoms with E-state index in [-0.39, 0.29) is 11.6 Å². The Labute approximate surface area is 223 Å². The normalized spacial score (nSPS) is 18.4. The van der Waals surface area contributed by atoms with E-state index in [0.29, 0.717) is 27.3 Å². The Morgan fingerprint density at radius 1 is 1.00 bits per heavy atom. The highest BCUT2D eigenvalue weighted by atomic mass is 35.5. The number of para-hydroxylation sites is 1. The third-order valence-corrected chi connectivity index (χ3v) is 8.69. The van der Waals surface area contributed by atoms with Gasteiger partial charge in [-0.1, -0.05) is 59.0 Å². The van der Waals surface area contributed by atoms with Gasteiger partial charge in [-0.2, -0.15) is 0 Å². The first-order chi connectivity index (χ1) is 17.4. The number of fused-ring (bicyclic) bond motifs is 2. The third-order valence-electron chi connectivity index (χ3n) is 5.99. The molecule has 1 saturated heterocycles. The second-order valence-corrected chi connectivity index (χ2v) is 11.2. The number of hydrogen-bond acceptors (Lipinski definition) is 8. The number of aromatic nitrogens is 2. The first-order valence-electron chi connectivity index (χ1n) is 10.8. The van der Waals surface area contributed by atoms with Gasteiger partial charge in [-0.15, -0.1) is 21.8 Å². The molecule has 1 fully saturated rings. The van der Waals surface area contributed by atoms with Gasteiger partial charge >= 0.3 is 0 Å². The first-order valence-corrected chi connectivity index (χ1v) is 13.2. The van der Waals surface area contributed by atoms with Crippen LogP contribution in [0, 0.1) is 10.1 Å². The van der Waals surface area contributed by atoms with Crippen molar-refractivity contribution in [3.05, 3.63) is 92.4 Å². The van der Waals surface area contributed by atoms with E-state index in [1.165, 1.54) is 28.4 Å². The molecular weight excluding hydrogens is 541 g/mol. The summed E-state index contributed by atoms with van der Waals surface area (Å²) in [6.07, 6.45) is 0. The SMILES string of the molecule is O=C1C(Cl)C(c2cccc([N+](=O)[O-])c2)N1c1nnc(CN2c3ccccc3Sc3ccc(Cl)cc32)s1. The van der Waals surface area contributed by atoms with Crippen LogP contribution >= 0.6 is 46.3 Å². The fraction of sp³-hybridized carbons (Fsp3) is 0.125. The molecule has 6 rings (SSSR count). The van der Waals surface area contributed by atoms with E-state index in [4.69, 9.17) is 23.2 Å². The van der Waals surface area contributed by atoms with Crippen molar-refractivity contribution in [2.24, 2.45) is 0 Å². The number of nitrogens with zero attached hydrogens (tertiary/aromatic N) is 5. The Balaban J connectivity index is 1.32. The molecule has 12 heteroatoms. The van der Waals surface area contributed by atoms with Crippen molar-refractivity contribution in [2.45, 2.75) is 27.8 Å². The van der Waals surface area contributed by atoms with Crippen molar-refractivity contribution >= 4 is 74.4 Å². The molecule has 2 aliphatic heterocycles. The highest BCUT2D eigenvalue weighted by Gasteiger charge is 2.49. The van der Waals surface area contributed by atoms with Crippen LogP contribution in [0.1, 0.15) is 16.6 Å². The summed E-state index contributed by atoms with van der Waals surface area (Å²) in [5, 5.41) is 20.8. The fourth-order valence-corrected chi connectivity index (χ4v) is 6.80. The monoisotopic (exact) mass is 555 g/mol. The zero-order valence-corrected chi connectivity index (χ0v) is 21.4. The van der Waals surface area contributed by atoms with Gasteiger partial charge in [0.1, 0.15) is 10.4 Å². The van der Waals surface area contributed by atoms with Gasteiger partial charge in [0.2, 0.25) is 11.0 Å². The number of carbonyl (C=O) groups excluding carboxylic acids is 1. The number of β-lactam (4-membered cyclic amide) rings is 1. The smallest absolute Gasteiger partial charge is 0.269 e. The maximum atomic E-state index is 12.7. The van der Waals surface area contributed by atoms with Crippen molar-refractivity contribution < 1.29 is 9.72 Å². The number of carbonyl (C=O) groups is 1. The van der Waals surface area contributed by atoms with E-state index in [0.717, 1.165) is 21.2 Å². The summed E-state index contributed by atoms with van der Waals surface area (Å²) in [6, 6.07) is 19.5. The number of halogens is 2. The van der Waals surface area contributed by atoms with Crippen LogP contribution in [0.5, 0.6) is 0 Å². The number of anilines is 3. The number of nitro benzene ring substituents is 1. The van der Waals surface area contributed by atoms with E-state index < -0.39 is 16.3 Å². The van der Waals surface area contributed by atoms with Crippen LogP contribution in [0.15, 0.2) is 76.5 Å². The largest absolute Gasteiger partial charge is 0.333 e. The summed E-state index contributed by atoms with van der Waals surface area (Å²) in [6.45, 7) is 0.427. The lowest BCUT2D eigenvalue weighted by atomic mass is 9.93. The van der Waals surface area contributed by atoms with Crippen LogP contribution in [0.25, 0.3) is 0 Å². The number of nitro groups is 1. The number of hydrogen-bond donors (Lipinski definition) is 0. The summed E-state index contributed by atoms with van der Waals surface area (Å²) in [5.74, 6) is -0.312. The van der Waals surface area contributed by atoms with Crippen molar-refractivity contribution in [2.75, 3.05) is 9.80 Å². The zero-order valence-electron chi connectivity index (χ0n) is 18.2. The highest BCUT2D eigenvalue weighted by molar-refractivity contribution is 7.99. The zero-order chi connectivity index (χ0) is 25.0. The van der Waals surface area contributed by atoms with Crippen LogP contribution < -0.4 is 9.80 Å². The summed E-state index contributed by atoms with van der Waals surface area (Å²) in [7, 11) is 0. The molecule has 0 spiro atoms. The lowest BCUT2D eigenvalue weighted by Gasteiger charge is -2.42. The molecular formula is C24H15Cl2N5O3S2. The van der Waals surface area contributed by atoms with Gasteiger partial charge in [0.05, 0.1) is 28.9 Å². The molecule has 2 atom stereocenters. The predicted molar refractivity (Wildman–Crippen MR) is 141 cm³/mol. The van der Waals surface area contributed by atoms with Gasteiger partial charge < -0.3 is 4.90 Å². The molecule has 3 heterocycles. The number of alkyl halides is 1. The molecule has 0 aliphatic carbocycles. The van der Waals surface area contributed by atoms with Crippen molar-refractivity contribution in [1.29, 1.82) is 0 Å². The number of rotatable bonds is 5. The van der Waals surface area contributed by atoms with Gasteiger partial charge in [-0.05, 0) is 35.9 Å². The maximum absolute atomic E-state index is 12.7. The van der Waals surface area contributed by atoms with Crippen LogP contribution in [0.4, 0.5) is 22.2 Å². The summed E-state index contributed by atoms with van der Waals surface area (Å²) in [4.78, 5) is 29.2. The van der Waals surface area contributed by atoms with Crippen molar-refractivity contribution in [3.63, 3.8) is 0 Å². The second-order valence-electron chi connectivity index (χ2n) is 8.15. The van der Waals surface area contributed by atoms with Crippen LogP contribution in [-0.2, 0) is 11.3 Å². The molecule has 0 N–H and O–H groups in total. The topological polar surface area (TPSA) is 92.5 Å². The standard InChI is InChI=1S/C24H15Cl2N5O3S2/c25-14-8-9-19-17(11-14)29(16-6-1-2-7-18(16)35-19)12-20-27-28-24(36-20)30-22(21(26)23(30)32)13-4-3-5-15(10-13)31(33)34/h1-11,21-22H,12H2. The average Bonchev–Trinajstić information content (AvgIpc) is 3.34. The second kappa shape index (κ2) is 9.04. The molecule has 1 aromatic heterocycles. The molecule has 8 nitrogen and oxygen atoms in total. The quantitative estimate of drug-likeness (QED) is 0.118. The molecule has 36 heavy (non-hydrogen) atoms. The summed E-state index contributed by atoms with van der Waals surface area (Å²) < 4.78 is 0. The third kappa shape index (κ3) is 3.90. The van der Waals surface area contributed by atoms with Crippen LogP contribution in [0.2, 0.25) is 5.02 Å². The molecule has 180 valence electrons. The van der Waals surface area contributed by atoms with Crippen molar-refractivity contribution in [3.8, 4) is 0 Å². The highest BCUT2D eigenvalue weighted by Crippen LogP contribution is 2.50. The Hall–Kier alpha value is -3.18. The van der Waals surface area contributed by atoms with Gasteiger partial charge in [0, 0.05) is 26.9 Å². The predicted octanol–water partition coefficient (Wildman–Crippen LogP) is 6.60. The van der Waals surface area contributed by atoms with Crippen molar-refractivity contribution in [1.82, 2.24) is 10.2 Å². The lowest BCUT2D eigenvalue weighted by molar-refractivity contribution is -0.384. The maximum Gasteiger partial charge on any atom is 0.269 e. The van der Waals surface area contributed by atoms with Gasteiger partial charge in [0.25, 0.3) is 5.69 Å². The summed E-state index contributed by atoms with van der Waals surface area (Å²) >= 11 is 15.6. The minimum Gasteiger partial charge on any atom is -0.333 e. The molecule has 4 aromatic rings. The Bertz CT molecular complexity index is 1530. The lowest BCUT2D eigenvalue weighted by Crippen LogP contribution is -2.56. The fourth-order valence-electron chi connectivity index (χ4n) is 4.32. The van der Waals surface area contributed by atoms with Gasteiger partial charge in [-0.25, -0.2) is 0 Å². The molecule has 0 bridgehead atoms. The molecule has 0 saturated carbocycles. The minimum absolute atomic E-state index is 0.0624. The number of amides is 1. The van der Waals surface area contributed by atoms with Gasteiger partial charge in [0.15, 0.2) is 0 Å². The number of non-ortho nitro benzene ring substituents is 1. The molecule has 3 aromatic carbocycles. The molecule has 2 unspecified atom stereocenters. The van der Waals surface area contributed by atoms with E-state index in [1.807, 2.05) is 36.4 Å². The molecule has 1 amide bonds. The van der Waals surface area contributed by atoms with E-state index >= 15 is 0 Å². The summed E-state index contributed by atoms with van der Waals surface area (Å²) in [5.41, 5.74) is 2.52. The Morgan fingerprint density at radius 2 is 1.81 bits per heavy atom. The Kier molecular flexibility index (Phi) is 5.83. The van der Waals surface area contributed by atoms with Crippen LogP contribution in [0.3, 0.4) is 0 Å². The minimum atomic E-state index is -0.834. The van der Waals surface area contributed by atoms with E-state index in [1.54, 1.807) is 23.9 Å². The average molecular weight is 556 g/mol.